The molecule has 3 aromatic carbocycles. The molecule has 3 amide bonds. The molecule has 3 aliphatic carbocycles. The molecule has 62 heavy (non-hydrogen) atoms. The molecule has 0 radical (unpaired) electrons. The average molecular weight is 848 g/mol. The van der Waals surface area contributed by atoms with Crippen LogP contribution >= 0.6 is 0 Å². The van der Waals surface area contributed by atoms with Crippen LogP contribution in [0.1, 0.15) is 109 Å². The van der Waals surface area contributed by atoms with Gasteiger partial charge in [-0.25, -0.2) is 19.6 Å². The zero-order valence-corrected chi connectivity index (χ0v) is 36.4. The number of likely N-dealkylation sites (tertiary alicyclic amines) is 1. The monoisotopic (exact) mass is 847 g/mol. The van der Waals surface area contributed by atoms with E-state index in [4.69, 9.17) is 19.4 Å². The minimum Gasteiger partial charge on any atom is -0.453 e. The quantitative estimate of drug-likeness (QED) is 0.134. The third-order valence-electron chi connectivity index (χ3n) is 13.3. The van der Waals surface area contributed by atoms with Gasteiger partial charge in [-0.2, -0.15) is 8.78 Å². The van der Waals surface area contributed by atoms with Gasteiger partial charge in [-0.3, -0.25) is 9.69 Å². The normalized spacial score (nSPS) is 21.3. The molecule has 0 bridgehead atoms. The van der Waals surface area contributed by atoms with E-state index >= 15 is 8.78 Å². The summed E-state index contributed by atoms with van der Waals surface area (Å²) in [5, 5.41) is 2.70. The first-order valence-corrected chi connectivity index (χ1v) is 21.8. The minimum atomic E-state index is -3.26. The van der Waals surface area contributed by atoms with Crippen LogP contribution < -0.4 is 5.32 Å². The Bertz CT molecular complexity index is 2570. The lowest BCUT2D eigenvalue weighted by atomic mass is 9.98. The van der Waals surface area contributed by atoms with E-state index in [9.17, 15) is 14.4 Å². The number of halogens is 2. The summed E-state index contributed by atoms with van der Waals surface area (Å²) < 4.78 is 43.8. The number of benzene rings is 3. The van der Waals surface area contributed by atoms with Crippen molar-refractivity contribution in [2.24, 2.45) is 17.3 Å². The molecule has 1 spiro atoms. The highest BCUT2D eigenvalue weighted by molar-refractivity contribution is 5.88. The van der Waals surface area contributed by atoms with E-state index in [1.54, 1.807) is 29.3 Å². The molecule has 3 heterocycles. The van der Waals surface area contributed by atoms with E-state index in [-0.39, 0.29) is 53.1 Å². The average Bonchev–Trinajstić information content (AvgIpc) is 3.74. The number of alkyl halides is 2. The number of methoxy groups -OCH3 is 1. The number of H-pyrrole nitrogens is 2. The molecule has 4 unspecified atom stereocenters. The molecule has 9 rings (SSSR count). The fraction of sp³-hybridized carbons (Fsp3) is 0.479. The molecular formula is C48H55F2N7O5. The lowest BCUT2D eigenvalue weighted by Gasteiger charge is -2.31. The van der Waals surface area contributed by atoms with E-state index in [2.05, 4.69) is 22.2 Å². The largest absolute Gasteiger partial charge is 0.453 e. The molecule has 4 aliphatic rings. The highest BCUT2D eigenvalue weighted by Gasteiger charge is 2.55. The molecule has 3 N–H and O–H groups in total. The smallest absolute Gasteiger partial charge is 0.410 e. The van der Waals surface area contributed by atoms with Crippen molar-refractivity contribution in [3.05, 3.63) is 83.6 Å². The van der Waals surface area contributed by atoms with E-state index in [0.717, 1.165) is 55.1 Å². The van der Waals surface area contributed by atoms with Gasteiger partial charge in [-0.1, -0.05) is 51.1 Å². The summed E-state index contributed by atoms with van der Waals surface area (Å²) in [7, 11) is 1.27. The molecule has 12 nitrogen and oxygen atoms in total. The van der Waals surface area contributed by atoms with Crippen molar-refractivity contribution in [2.45, 2.75) is 116 Å². The predicted octanol–water partition coefficient (Wildman–Crippen LogP) is 10.1. The van der Waals surface area contributed by atoms with Crippen LogP contribution in [0.2, 0.25) is 0 Å². The Morgan fingerprint density at radius 2 is 1.65 bits per heavy atom. The Labute approximate surface area is 360 Å². The lowest BCUT2D eigenvalue weighted by molar-refractivity contribution is -0.135. The number of carbonyl (C=O) groups excluding carboxylic acids is 3. The van der Waals surface area contributed by atoms with Gasteiger partial charge >= 0.3 is 12.2 Å². The maximum Gasteiger partial charge on any atom is 0.410 e. The molecule has 2 saturated carbocycles. The number of hydrogen-bond acceptors (Lipinski definition) is 7. The number of aromatic nitrogens is 4. The maximum absolute atomic E-state index is 16.6. The molecule has 14 heteroatoms. The second-order valence-electron chi connectivity index (χ2n) is 19.4. The number of imidazole rings is 2. The van der Waals surface area contributed by atoms with Crippen LogP contribution in [0.15, 0.2) is 60.8 Å². The summed E-state index contributed by atoms with van der Waals surface area (Å²) in [6, 6.07) is 14.9. The van der Waals surface area contributed by atoms with E-state index in [0.29, 0.717) is 52.1 Å². The molecule has 5 aromatic rings. The summed E-state index contributed by atoms with van der Waals surface area (Å²) in [5.74, 6) is -1.90. The Kier molecular flexibility index (Phi) is 10.2. The summed E-state index contributed by atoms with van der Waals surface area (Å²) in [4.78, 5) is 59.3. The molecule has 1 aliphatic heterocycles. The van der Waals surface area contributed by atoms with Gasteiger partial charge in [0.05, 0.1) is 42.6 Å². The van der Waals surface area contributed by atoms with Gasteiger partial charge in [-0.15, -0.1) is 0 Å². The van der Waals surface area contributed by atoms with Crippen molar-refractivity contribution in [1.29, 1.82) is 0 Å². The highest BCUT2D eigenvalue weighted by Crippen LogP contribution is 2.58. The van der Waals surface area contributed by atoms with Crippen LogP contribution in [0, 0.1) is 17.3 Å². The van der Waals surface area contributed by atoms with Crippen LogP contribution in [0.5, 0.6) is 0 Å². The predicted molar refractivity (Wildman–Crippen MR) is 231 cm³/mol. The van der Waals surface area contributed by atoms with E-state index in [1.165, 1.54) is 13.2 Å². The second-order valence-corrected chi connectivity index (χ2v) is 19.4. The van der Waals surface area contributed by atoms with Crippen LogP contribution in [-0.2, 0) is 26.7 Å². The Hall–Kier alpha value is -5.79. The van der Waals surface area contributed by atoms with E-state index in [1.807, 2.05) is 69.9 Å². The number of rotatable bonds is 9. The molecule has 2 aromatic heterocycles. The minimum absolute atomic E-state index is 0.0200. The maximum atomic E-state index is 16.6. The van der Waals surface area contributed by atoms with Crippen LogP contribution in [0.4, 0.5) is 18.4 Å². The Morgan fingerprint density at radius 1 is 0.968 bits per heavy atom. The third-order valence-corrected chi connectivity index (χ3v) is 13.3. The second kappa shape index (κ2) is 15.2. The number of carbonyl (C=O) groups is 3. The highest BCUT2D eigenvalue weighted by atomic mass is 19.3. The van der Waals surface area contributed by atoms with Crippen molar-refractivity contribution in [2.75, 3.05) is 13.7 Å². The van der Waals surface area contributed by atoms with Gasteiger partial charge in [0, 0.05) is 29.3 Å². The van der Waals surface area contributed by atoms with Crippen molar-refractivity contribution >= 4 is 29.1 Å². The summed E-state index contributed by atoms with van der Waals surface area (Å²) in [5.41, 5.74) is 4.21. The number of hydrogen-bond donors (Lipinski definition) is 3. The Morgan fingerprint density at radius 3 is 2.29 bits per heavy atom. The summed E-state index contributed by atoms with van der Waals surface area (Å²) >= 11 is 0. The van der Waals surface area contributed by atoms with Gasteiger partial charge < -0.3 is 29.7 Å². The van der Waals surface area contributed by atoms with Gasteiger partial charge in [0.15, 0.2) is 0 Å². The first kappa shape index (κ1) is 41.6. The molecule has 326 valence electrons. The number of fused-ring (bicyclic) bond motifs is 4. The number of amides is 3. The fourth-order valence-corrected chi connectivity index (χ4v) is 9.77. The zero-order chi connectivity index (χ0) is 43.9. The molecule has 3 fully saturated rings. The first-order chi connectivity index (χ1) is 29.4. The number of aromatic amines is 2. The standard InChI is InChI=1S/C48H55F2N7O5/c1-26(2)41(55-44(59)61-7)43(58)57-25-47(16-17-47)22-39(57)42-51-23-38(54-42)30-10-14-33-32-13-9-28(19-34(32)48(49,50)35(33)20-30)29-11-15-36-37(21-29)53-40(52-36)24-56(31-12-8-27(3)18-31)45(60)62-46(4,5)6/h9-11,13-15,19-21,23,26-27,31,39,41H,8,12,16-18,22,24-25H2,1-7H3,(H,51,54)(H,52,53)(H,55,59). The SMILES string of the molecule is COC(=O)NC(C(=O)N1CC2(CC2)CC1c1ncc(-c2ccc3c(c2)C(F)(F)c2cc(-c4ccc5nc(CN(C(=O)OC(C)(C)C)C6CCC(C)C6)[nH]c5c4)ccc2-3)[nH]1)C(C)C. The van der Waals surface area contributed by atoms with Gasteiger partial charge in [0.1, 0.15) is 23.3 Å². The van der Waals surface area contributed by atoms with E-state index < -0.39 is 23.7 Å². The molecule has 1 saturated heterocycles. The topological polar surface area (TPSA) is 146 Å². The number of ether oxygens (including phenoxy) is 2. The fourth-order valence-electron chi connectivity index (χ4n) is 9.77. The third kappa shape index (κ3) is 7.70. The van der Waals surface area contributed by atoms with Gasteiger partial charge in [-0.05, 0) is 123 Å². The van der Waals surface area contributed by atoms with Crippen LogP contribution in [0.3, 0.4) is 0 Å². The van der Waals surface area contributed by atoms with Crippen molar-refractivity contribution in [1.82, 2.24) is 35.1 Å². The summed E-state index contributed by atoms with van der Waals surface area (Å²) in [6.07, 6.45) is 6.23. The van der Waals surface area contributed by atoms with Gasteiger partial charge in [0.2, 0.25) is 5.91 Å². The number of nitrogens with one attached hydrogen (secondary N) is 3. The number of alkyl carbamates (subject to hydrolysis) is 1. The number of nitrogens with zero attached hydrogens (tertiary/aromatic N) is 4. The van der Waals surface area contributed by atoms with Crippen molar-refractivity contribution in [3.8, 4) is 33.5 Å². The van der Waals surface area contributed by atoms with Crippen molar-refractivity contribution in [3.63, 3.8) is 0 Å². The molecular weight excluding hydrogens is 793 g/mol. The zero-order valence-electron chi connectivity index (χ0n) is 36.4. The molecule has 4 atom stereocenters. The first-order valence-electron chi connectivity index (χ1n) is 21.8. The van der Waals surface area contributed by atoms with Crippen molar-refractivity contribution < 1.29 is 32.6 Å². The van der Waals surface area contributed by atoms with Crippen LogP contribution in [0.25, 0.3) is 44.5 Å². The summed E-state index contributed by atoms with van der Waals surface area (Å²) in [6.45, 7) is 12.4. The Balaban J connectivity index is 0.948. The van der Waals surface area contributed by atoms with Gasteiger partial charge in [0.25, 0.3) is 5.92 Å². The lowest BCUT2D eigenvalue weighted by Crippen LogP contribution is -2.51. The van der Waals surface area contributed by atoms with Crippen LogP contribution in [-0.4, -0.2) is 79.2 Å².